The zero-order chi connectivity index (χ0) is 15.3. The van der Waals surface area contributed by atoms with Gasteiger partial charge < -0.3 is 14.0 Å². The van der Waals surface area contributed by atoms with Crippen LogP contribution in [0.2, 0.25) is 0 Å². The van der Waals surface area contributed by atoms with Gasteiger partial charge in [-0.1, -0.05) is 0 Å². The Morgan fingerprint density at radius 3 is 2.67 bits per heavy atom. The molecule has 1 saturated carbocycles. The summed E-state index contributed by atoms with van der Waals surface area (Å²) in [6.07, 6.45) is 1.74. The average molecular weight is 291 g/mol. The number of carbonyl (C=O) groups excluding carboxylic acids is 3. The second-order valence-electron chi connectivity index (χ2n) is 5.47. The van der Waals surface area contributed by atoms with Crippen LogP contribution in [-0.2, 0) is 20.7 Å². The van der Waals surface area contributed by atoms with Gasteiger partial charge in [0.05, 0.1) is 19.3 Å². The van der Waals surface area contributed by atoms with E-state index in [1.165, 1.54) is 7.11 Å². The van der Waals surface area contributed by atoms with E-state index in [9.17, 15) is 14.4 Å². The summed E-state index contributed by atoms with van der Waals surface area (Å²) in [5.41, 5.74) is 2.00. The van der Waals surface area contributed by atoms with Crippen molar-refractivity contribution in [3.63, 3.8) is 0 Å². The second kappa shape index (κ2) is 4.72. The predicted molar refractivity (Wildman–Crippen MR) is 72.3 cm³/mol. The summed E-state index contributed by atoms with van der Waals surface area (Å²) in [5, 5.41) is 0. The summed E-state index contributed by atoms with van der Waals surface area (Å²) < 4.78 is 11.5. The Labute approximate surface area is 122 Å². The van der Waals surface area contributed by atoms with Crippen LogP contribution < -0.4 is 0 Å². The lowest BCUT2D eigenvalue weighted by Gasteiger charge is -2.06. The van der Waals surface area contributed by atoms with Crippen molar-refractivity contribution in [2.45, 2.75) is 32.7 Å². The van der Waals surface area contributed by atoms with E-state index in [-0.39, 0.29) is 12.6 Å². The summed E-state index contributed by atoms with van der Waals surface area (Å²) in [5.74, 6) is -1.54. The SMILES string of the molecule is CCOC(=O)C(=O)c1c(C)c(C(=O)OC)n2c1C[C@H]1C[C@H]12. The van der Waals surface area contributed by atoms with Crippen LogP contribution in [0.1, 0.15) is 51.5 Å². The number of esters is 2. The van der Waals surface area contributed by atoms with Gasteiger partial charge in [-0.25, -0.2) is 9.59 Å². The third-order valence-electron chi connectivity index (χ3n) is 4.29. The minimum Gasteiger partial charge on any atom is -0.464 e. The quantitative estimate of drug-likeness (QED) is 0.477. The summed E-state index contributed by atoms with van der Waals surface area (Å²) in [7, 11) is 1.31. The molecule has 1 aliphatic carbocycles. The van der Waals surface area contributed by atoms with Crippen molar-refractivity contribution in [2.24, 2.45) is 5.92 Å². The molecular formula is C15H17NO5. The number of carbonyl (C=O) groups is 3. The van der Waals surface area contributed by atoms with Gasteiger partial charge in [0.2, 0.25) is 0 Å². The molecule has 0 spiro atoms. The molecule has 0 unspecified atom stereocenters. The number of aromatic nitrogens is 1. The number of methoxy groups -OCH3 is 1. The lowest BCUT2D eigenvalue weighted by molar-refractivity contribution is -0.137. The molecule has 1 fully saturated rings. The molecule has 1 aromatic heterocycles. The number of hydrogen-bond donors (Lipinski definition) is 0. The highest BCUT2D eigenvalue weighted by Gasteiger charge is 2.50. The fourth-order valence-corrected chi connectivity index (χ4v) is 3.30. The monoisotopic (exact) mass is 291 g/mol. The van der Waals surface area contributed by atoms with Gasteiger partial charge in [-0.2, -0.15) is 0 Å². The second-order valence-corrected chi connectivity index (χ2v) is 5.47. The highest BCUT2D eigenvalue weighted by molar-refractivity contribution is 6.41. The van der Waals surface area contributed by atoms with E-state index in [1.54, 1.807) is 13.8 Å². The lowest BCUT2D eigenvalue weighted by Crippen LogP contribution is -2.19. The number of fused-ring (bicyclic) bond motifs is 3. The van der Waals surface area contributed by atoms with Crippen molar-refractivity contribution in [1.82, 2.24) is 4.57 Å². The molecule has 2 aliphatic rings. The molecule has 0 N–H and O–H groups in total. The fraction of sp³-hybridized carbons (Fsp3) is 0.533. The number of rotatable bonds is 4. The molecule has 3 rings (SSSR count). The van der Waals surface area contributed by atoms with Crippen LogP contribution >= 0.6 is 0 Å². The Morgan fingerprint density at radius 2 is 2.05 bits per heavy atom. The molecule has 0 radical (unpaired) electrons. The lowest BCUT2D eigenvalue weighted by atomic mass is 10.0. The number of ketones is 1. The average Bonchev–Trinajstić information content (AvgIpc) is 3.04. The number of hydrogen-bond acceptors (Lipinski definition) is 5. The van der Waals surface area contributed by atoms with E-state index in [0.29, 0.717) is 22.7 Å². The van der Waals surface area contributed by atoms with E-state index in [0.717, 1.165) is 18.5 Å². The Hall–Kier alpha value is -2.11. The minimum absolute atomic E-state index is 0.148. The van der Waals surface area contributed by atoms with Gasteiger partial charge in [-0.05, 0) is 38.2 Å². The largest absolute Gasteiger partial charge is 0.464 e. The maximum Gasteiger partial charge on any atom is 0.379 e. The van der Waals surface area contributed by atoms with Gasteiger partial charge in [0.15, 0.2) is 0 Å². The van der Waals surface area contributed by atoms with E-state index in [1.807, 2.05) is 4.57 Å². The van der Waals surface area contributed by atoms with E-state index in [2.05, 4.69) is 0 Å². The maximum atomic E-state index is 12.3. The van der Waals surface area contributed by atoms with Gasteiger partial charge in [0.1, 0.15) is 5.69 Å². The molecular weight excluding hydrogens is 274 g/mol. The first-order valence-corrected chi connectivity index (χ1v) is 7.04. The molecule has 1 aliphatic heterocycles. The molecule has 0 bridgehead atoms. The van der Waals surface area contributed by atoms with Crippen LogP contribution in [0.4, 0.5) is 0 Å². The normalized spacial score (nSPS) is 21.5. The van der Waals surface area contributed by atoms with Crippen molar-refractivity contribution in [1.29, 1.82) is 0 Å². The highest BCUT2D eigenvalue weighted by atomic mass is 16.5. The van der Waals surface area contributed by atoms with Gasteiger partial charge >= 0.3 is 11.9 Å². The molecule has 0 aromatic carbocycles. The van der Waals surface area contributed by atoms with Gasteiger partial charge in [0.25, 0.3) is 5.78 Å². The van der Waals surface area contributed by atoms with Crippen LogP contribution in [0.15, 0.2) is 0 Å². The highest BCUT2D eigenvalue weighted by Crippen LogP contribution is 2.54. The Kier molecular flexibility index (Phi) is 3.11. The van der Waals surface area contributed by atoms with Crippen LogP contribution in [0.25, 0.3) is 0 Å². The molecule has 0 saturated heterocycles. The molecule has 21 heavy (non-hydrogen) atoms. The number of ether oxygens (including phenoxy) is 2. The fourth-order valence-electron chi connectivity index (χ4n) is 3.30. The Balaban J connectivity index is 2.10. The Bertz CT molecular complexity index is 658. The van der Waals surface area contributed by atoms with E-state index in [4.69, 9.17) is 9.47 Å². The summed E-state index contributed by atoms with van der Waals surface area (Å²) in [6, 6.07) is 0.261. The van der Waals surface area contributed by atoms with Crippen molar-refractivity contribution < 1.29 is 23.9 Å². The van der Waals surface area contributed by atoms with Gasteiger partial charge in [-0.15, -0.1) is 0 Å². The van der Waals surface area contributed by atoms with Crippen molar-refractivity contribution >= 4 is 17.7 Å². The van der Waals surface area contributed by atoms with Crippen molar-refractivity contribution in [3.8, 4) is 0 Å². The summed E-state index contributed by atoms with van der Waals surface area (Å²) >= 11 is 0. The van der Waals surface area contributed by atoms with Crippen LogP contribution in [-0.4, -0.2) is 36.0 Å². The molecule has 6 heteroatoms. The van der Waals surface area contributed by atoms with Crippen LogP contribution in [0.5, 0.6) is 0 Å². The third kappa shape index (κ3) is 1.89. The smallest absolute Gasteiger partial charge is 0.379 e. The standard InChI is InChI=1S/C15H17NO5/c1-4-21-15(19)13(17)11-7(2)12(14(18)20-3)16-9-5-8(9)6-10(11)16/h8-9H,4-6H2,1-3H3/t8-,9-/m1/s1. The van der Waals surface area contributed by atoms with Crippen molar-refractivity contribution in [2.75, 3.05) is 13.7 Å². The molecule has 1 aromatic rings. The predicted octanol–water partition coefficient (Wildman–Crippen LogP) is 1.45. The van der Waals surface area contributed by atoms with Gasteiger partial charge in [-0.3, -0.25) is 4.79 Å². The first-order chi connectivity index (χ1) is 10.0. The topological polar surface area (TPSA) is 74.6 Å². The zero-order valence-corrected chi connectivity index (χ0v) is 12.3. The first-order valence-electron chi connectivity index (χ1n) is 7.04. The van der Waals surface area contributed by atoms with Crippen molar-refractivity contribution in [3.05, 3.63) is 22.5 Å². The van der Waals surface area contributed by atoms with Crippen LogP contribution in [0, 0.1) is 12.8 Å². The molecule has 112 valence electrons. The molecule has 2 atom stereocenters. The molecule has 6 nitrogen and oxygen atoms in total. The van der Waals surface area contributed by atoms with Gasteiger partial charge in [0, 0.05) is 11.7 Å². The zero-order valence-electron chi connectivity index (χ0n) is 12.3. The van der Waals surface area contributed by atoms with E-state index >= 15 is 0 Å². The number of Topliss-reactive ketones (excluding diaryl/α,β-unsaturated/α-hetero) is 1. The third-order valence-corrected chi connectivity index (χ3v) is 4.29. The first kappa shape index (κ1) is 13.9. The van der Waals surface area contributed by atoms with E-state index < -0.39 is 17.7 Å². The Morgan fingerprint density at radius 1 is 1.33 bits per heavy atom. The molecule has 2 heterocycles. The summed E-state index contributed by atoms with van der Waals surface area (Å²) in [6.45, 7) is 3.48. The summed E-state index contributed by atoms with van der Waals surface area (Å²) in [4.78, 5) is 36.1. The minimum atomic E-state index is -0.869. The van der Waals surface area contributed by atoms with Crippen LogP contribution in [0.3, 0.4) is 0 Å². The number of nitrogens with zero attached hydrogens (tertiary/aromatic N) is 1. The maximum absolute atomic E-state index is 12.3. The molecule has 0 amide bonds.